The van der Waals surface area contributed by atoms with Crippen LogP contribution in [-0.2, 0) is 13.1 Å². The predicted molar refractivity (Wildman–Crippen MR) is 129 cm³/mol. The van der Waals surface area contributed by atoms with Crippen LogP contribution in [0.2, 0.25) is 0 Å². The fourth-order valence-corrected chi connectivity index (χ4v) is 4.60. The van der Waals surface area contributed by atoms with Gasteiger partial charge in [0.05, 0.1) is 36.2 Å². The van der Waals surface area contributed by atoms with Crippen molar-refractivity contribution in [2.24, 2.45) is 0 Å². The zero-order chi connectivity index (χ0) is 23.5. The summed E-state index contributed by atoms with van der Waals surface area (Å²) in [6, 6.07) is 7.39. The Morgan fingerprint density at radius 3 is 2.68 bits per heavy atom. The smallest absolute Gasteiger partial charge is 0.251 e. The highest BCUT2D eigenvalue weighted by Gasteiger charge is 2.23. The van der Waals surface area contributed by atoms with Crippen LogP contribution < -0.4 is 19.8 Å². The zero-order valence-electron chi connectivity index (χ0n) is 19.4. The van der Waals surface area contributed by atoms with Crippen molar-refractivity contribution in [3.8, 4) is 17.2 Å². The molecule has 2 radical (unpaired) electrons. The lowest BCUT2D eigenvalue weighted by Crippen LogP contribution is -2.44. The zero-order valence-corrected chi connectivity index (χ0v) is 19.4. The molecule has 1 saturated heterocycles. The maximum absolute atomic E-state index is 12.5. The Kier molecular flexibility index (Phi) is 6.69. The number of aromatic nitrogens is 3. The van der Waals surface area contributed by atoms with E-state index in [1.807, 2.05) is 16.9 Å². The van der Waals surface area contributed by atoms with Crippen LogP contribution in [0.1, 0.15) is 18.5 Å². The maximum atomic E-state index is 12.5. The van der Waals surface area contributed by atoms with Gasteiger partial charge in [0.2, 0.25) is 0 Å². The van der Waals surface area contributed by atoms with Crippen LogP contribution in [0.15, 0.2) is 41.5 Å². The Morgan fingerprint density at radius 1 is 1.09 bits per heavy atom. The van der Waals surface area contributed by atoms with Gasteiger partial charge < -0.3 is 28.5 Å². The number of likely N-dealkylation sites (tertiary alicyclic amines) is 1. The normalized spacial score (nSPS) is 16.8. The molecule has 3 aromatic rings. The SMILES string of the molecule is [B]N(Cc1cc2c(cn1)OCCO2)C1CCN(CCn2c(=O)ccc3ncc(OC)cc32)CC1. The topological polar surface area (TPSA) is 82.0 Å². The van der Waals surface area contributed by atoms with Crippen LogP contribution in [0, 0.1) is 0 Å². The number of methoxy groups -OCH3 is 1. The van der Waals surface area contributed by atoms with E-state index in [1.165, 1.54) is 0 Å². The first-order valence-corrected chi connectivity index (χ1v) is 11.6. The third-order valence-corrected chi connectivity index (χ3v) is 6.55. The van der Waals surface area contributed by atoms with Gasteiger partial charge in [0.1, 0.15) is 19.0 Å². The average molecular weight is 461 g/mol. The minimum Gasteiger partial charge on any atom is -0.495 e. The summed E-state index contributed by atoms with van der Waals surface area (Å²) in [6.07, 6.45) is 5.29. The number of pyridine rings is 3. The van der Waals surface area contributed by atoms with Crippen LogP contribution in [0.3, 0.4) is 0 Å². The predicted octanol–water partition coefficient (Wildman–Crippen LogP) is 1.62. The molecule has 34 heavy (non-hydrogen) atoms. The molecule has 10 heteroatoms. The van der Waals surface area contributed by atoms with E-state index in [0.29, 0.717) is 37.8 Å². The molecule has 0 amide bonds. The molecule has 2 aliphatic heterocycles. The number of piperidine rings is 1. The Morgan fingerprint density at radius 2 is 1.88 bits per heavy atom. The first kappa shape index (κ1) is 22.7. The van der Waals surface area contributed by atoms with E-state index < -0.39 is 0 Å². The number of hydrogen-bond donors (Lipinski definition) is 0. The Bertz CT molecular complexity index is 1210. The van der Waals surface area contributed by atoms with Gasteiger partial charge in [-0.05, 0) is 32.0 Å². The summed E-state index contributed by atoms with van der Waals surface area (Å²) in [5.74, 6) is 2.06. The second-order valence-corrected chi connectivity index (χ2v) is 8.67. The second kappa shape index (κ2) is 10.0. The summed E-state index contributed by atoms with van der Waals surface area (Å²) in [5, 5.41) is 0. The first-order valence-electron chi connectivity index (χ1n) is 11.6. The fraction of sp³-hybridized carbons (Fsp3) is 0.458. The second-order valence-electron chi connectivity index (χ2n) is 8.67. The molecule has 0 spiro atoms. The van der Waals surface area contributed by atoms with E-state index in [2.05, 4.69) is 14.9 Å². The van der Waals surface area contributed by atoms with Crippen LogP contribution in [0.4, 0.5) is 0 Å². The first-order chi connectivity index (χ1) is 16.6. The van der Waals surface area contributed by atoms with Crippen molar-refractivity contribution >= 4 is 19.0 Å². The van der Waals surface area contributed by atoms with Crippen molar-refractivity contribution in [3.63, 3.8) is 0 Å². The number of ether oxygens (including phenoxy) is 3. The highest BCUT2D eigenvalue weighted by Crippen LogP contribution is 2.30. The number of nitrogens with zero attached hydrogens (tertiary/aromatic N) is 5. The van der Waals surface area contributed by atoms with Crippen molar-refractivity contribution in [3.05, 3.63) is 52.7 Å². The molecular formula is C24H28BN5O4. The Balaban J connectivity index is 1.16. The van der Waals surface area contributed by atoms with Crippen LogP contribution in [0.5, 0.6) is 17.2 Å². The molecule has 0 aliphatic carbocycles. The lowest BCUT2D eigenvalue weighted by Gasteiger charge is -2.37. The van der Waals surface area contributed by atoms with Crippen LogP contribution >= 0.6 is 0 Å². The largest absolute Gasteiger partial charge is 0.495 e. The molecule has 176 valence electrons. The van der Waals surface area contributed by atoms with Gasteiger partial charge in [0.25, 0.3) is 5.56 Å². The van der Waals surface area contributed by atoms with Crippen molar-refractivity contribution in [2.75, 3.05) is 40.0 Å². The summed E-state index contributed by atoms with van der Waals surface area (Å²) in [7, 11) is 8.02. The number of hydrogen-bond acceptors (Lipinski definition) is 8. The molecule has 2 aliphatic rings. The van der Waals surface area contributed by atoms with Gasteiger partial charge in [-0.3, -0.25) is 14.8 Å². The van der Waals surface area contributed by atoms with E-state index in [9.17, 15) is 4.79 Å². The summed E-state index contributed by atoms with van der Waals surface area (Å²) in [4.78, 5) is 25.7. The average Bonchev–Trinajstić information content (AvgIpc) is 2.88. The van der Waals surface area contributed by atoms with Crippen LogP contribution in [0.25, 0.3) is 11.0 Å². The molecule has 0 atom stereocenters. The lowest BCUT2D eigenvalue weighted by molar-refractivity contribution is 0.153. The van der Waals surface area contributed by atoms with E-state index in [1.54, 1.807) is 36.2 Å². The number of rotatable bonds is 7. The van der Waals surface area contributed by atoms with E-state index >= 15 is 0 Å². The monoisotopic (exact) mass is 461 g/mol. The molecule has 3 aromatic heterocycles. The standard InChI is InChI=1S/C24H28BN5O4/c1-32-19-13-21-20(27-14-19)2-3-24(31)29(21)9-8-28-6-4-18(5-7-28)30(25)16-17-12-22-23(15-26-17)34-11-10-33-22/h2-3,12-15,18H,4-11,16H2,1H3. The highest BCUT2D eigenvalue weighted by atomic mass is 16.6. The minimum atomic E-state index is -0.0301. The lowest BCUT2D eigenvalue weighted by atomic mass is 9.99. The van der Waals surface area contributed by atoms with Crippen molar-refractivity contribution in [2.45, 2.75) is 32.0 Å². The molecule has 0 bridgehead atoms. The molecule has 5 rings (SSSR count). The van der Waals surface area contributed by atoms with E-state index in [0.717, 1.165) is 55.0 Å². The summed E-state index contributed by atoms with van der Waals surface area (Å²) in [6.45, 7) is 4.90. The molecule has 5 heterocycles. The summed E-state index contributed by atoms with van der Waals surface area (Å²) in [5.41, 5.74) is 2.42. The molecular weight excluding hydrogens is 433 g/mol. The molecule has 9 nitrogen and oxygen atoms in total. The Hall–Kier alpha value is -3.11. The molecule has 1 fully saturated rings. The van der Waals surface area contributed by atoms with E-state index in [4.69, 9.17) is 22.2 Å². The molecule has 0 saturated carbocycles. The summed E-state index contributed by atoms with van der Waals surface area (Å²) >= 11 is 0. The van der Waals surface area contributed by atoms with Gasteiger partial charge in [-0.1, -0.05) is 0 Å². The number of fused-ring (bicyclic) bond motifs is 2. The van der Waals surface area contributed by atoms with E-state index in [-0.39, 0.29) is 11.6 Å². The van der Waals surface area contributed by atoms with Crippen molar-refractivity contribution in [1.82, 2.24) is 24.2 Å². The van der Waals surface area contributed by atoms with Gasteiger partial charge >= 0.3 is 0 Å². The van der Waals surface area contributed by atoms with Crippen molar-refractivity contribution in [1.29, 1.82) is 0 Å². The van der Waals surface area contributed by atoms with Gasteiger partial charge in [0.15, 0.2) is 19.5 Å². The highest BCUT2D eigenvalue weighted by molar-refractivity contribution is 6.04. The quantitative estimate of drug-likeness (QED) is 0.492. The molecule has 0 aromatic carbocycles. The van der Waals surface area contributed by atoms with Gasteiger partial charge in [0, 0.05) is 43.9 Å². The van der Waals surface area contributed by atoms with Crippen LogP contribution in [-0.4, -0.2) is 78.2 Å². The van der Waals surface area contributed by atoms with Gasteiger partial charge in [-0.25, -0.2) is 0 Å². The third-order valence-electron chi connectivity index (χ3n) is 6.55. The third kappa shape index (κ3) is 4.88. The van der Waals surface area contributed by atoms with Gasteiger partial charge in [-0.2, -0.15) is 0 Å². The van der Waals surface area contributed by atoms with Gasteiger partial charge in [-0.15, -0.1) is 0 Å². The Labute approximate surface area is 199 Å². The summed E-state index contributed by atoms with van der Waals surface area (Å²) < 4.78 is 18.3. The van der Waals surface area contributed by atoms with Crippen molar-refractivity contribution < 1.29 is 14.2 Å². The molecule has 0 unspecified atom stereocenters. The minimum absolute atomic E-state index is 0.0301. The maximum Gasteiger partial charge on any atom is 0.251 e. The fourth-order valence-electron chi connectivity index (χ4n) is 4.60. The molecule has 0 N–H and O–H groups in total.